The van der Waals surface area contributed by atoms with E-state index >= 15 is 0 Å². The van der Waals surface area contributed by atoms with Crippen LogP contribution in [0.1, 0.15) is 16.7 Å². The lowest BCUT2D eigenvalue weighted by Gasteiger charge is -2.12. The number of benzene rings is 3. The summed E-state index contributed by atoms with van der Waals surface area (Å²) in [5, 5.41) is 12.0. The van der Waals surface area contributed by atoms with E-state index in [1.54, 1.807) is 0 Å². The summed E-state index contributed by atoms with van der Waals surface area (Å²) < 4.78 is 5.36. The third kappa shape index (κ3) is 3.86. The normalized spacial score (nSPS) is 12.2. The molecule has 3 aromatic rings. The molecule has 3 rings (SSSR count). The van der Waals surface area contributed by atoms with E-state index in [1.165, 1.54) is 28.0 Å². The number of hydrogen-bond donors (Lipinski definition) is 1. The summed E-state index contributed by atoms with van der Waals surface area (Å²) in [6.07, 6.45) is 1.30. The van der Waals surface area contributed by atoms with Crippen molar-refractivity contribution < 1.29 is 9.84 Å². The Morgan fingerprint density at radius 1 is 0.913 bits per heavy atom. The van der Waals surface area contributed by atoms with Crippen molar-refractivity contribution in [3.05, 3.63) is 96.1 Å². The summed E-state index contributed by atoms with van der Waals surface area (Å²) in [6.45, 7) is 3.89. The van der Waals surface area contributed by atoms with Crippen molar-refractivity contribution in [2.45, 2.75) is 19.3 Å². The molecule has 2 nitrogen and oxygen atoms in total. The van der Waals surface area contributed by atoms with Gasteiger partial charge in [0.1, 0.15) is 0 Å². The van der Waals surface area contributed by atoms with Crippen LogP contribution in [-0.4, -0.2) is 11.4 Å². The molecule has 0 bridgehead atoms. The van der Waals surface area contributed by atoms with Crippen LogP contribution in [0.15, 0.2) is 79.4 Å². The third-order valence-electron chi connectivity index (χ3n) is 3.94. The van der Waals surface area contributed by atoms with E-state index in [0.29, 0.717) is 6.61 Å². The number of aliphatic hydroxyl groups excluding tert-OH is 1. The first-order valence-electron chi connectivity index (χ1n) is 7.73. The smallest absolute Gasteiger partial charge is 0.174 e. The lowest BCUT2D eigenvalue weighted by molar-refractivity contribution is -0.0732. The highest BCUT2D eigenvalue weighted by molar-refractivity contribution is 5.83. The molecule has 0 aliphatic heterocycles. The van der Waals surface area contributed by atoms with E-state index in [-0.39, 0.29) is 0 Å². The molecule has 0 aliphatic carbocycles. The van der Waals surface area contributed by atoms with Crippen molar-refractivity contribution in [2.24, 2.45) is 0 Å². The van der Waals surface area contributed by atoms with E-state index in [1.807, 2.05) is 18.2 Å². The van der Waals surface area contributed by atoms with Crippen LogP contribution in [0, 0.1) is 0 Å². The Hall–Kier alpha value is -2.42. The molecule has 0 radical (unpaired) electrons. The van der Waals surface area contributed by atoms with Gasteiger partial charge in [-0.3, -0.25) is 0 Å². The van der Waals surface area contributed by atoms with Gasteiger partial charge in [0.2, 0.25) is 0 Å². The minimum atomic E-state index is -0.927. The second-order valence-electron chi connectivity index (χ2n) is 5.56. The van der Waals surface area contributed by atoms with Gasteiger partial charge in [-0.25, -0.2) is 0 Å². The molecule has 1 N–H and O–H groups in total. The van der Waals surface area contributed by atoms with Crippen LogP contribution in [-0.2, 0) is 17.8 Å². The van der Waals surface area contributed by atoms with Crippen LogP contribution in [0.2, 0.25) is 0 Å². The zero-order valence-corrected chi connectivity index (χ0v) is 13.0. The fourth-order valence-corrected chi connectivity index (χ4v) is 2.68. The van der Waals surface area contributed by atoms with Gasteiger partial charge in [-0.1, -0.05) is 73.3 Å². The number of fused-ring (bicyclic) bond motifs is 1. The van der Waals surface area contributed by atoms with Gasteiger partial charge in [-0.15, -0.1) is 0 Å². The van der Waals surface area contributed by atoms with Gasteiger partial charge in [0.25, 0.3) is 0 Å². The molecule has 1 unspecified atom stereocenters. The van der Waals surface area contributed by atoms with Crippen LogP contribution in [0.25, 0.3) is 10.8 Å². The molecular formula is C21H20O2. The Kier molecular flexibility index (Phi) is 4.86. The van der Waals surface area contributed by atoms with E-state index in [2.05, 4.69) is 55.1 Å². The lowest BCUT2D eigenvalue weighted by Crippen LogP contribution is -2.08. The maximum absolute atomic E-state index is 9.48. The maximum atomic E-state index is 9.48. The summed E-state index contributed by atoms with van der Waals surface area (Å²) in [5.41, 5.74) is 3.56. The number of rotatable bonds is 6. The molecule has 0 aromatic heterocycles. The zero-order valence-electron chi connectivity index (χ0n) is 13.0. The van der Waals surface area contributed by atoms with E-state index in [0.717, 1.165) is 12.0 Å². The monoisotopic (exact) mass is 304 g/mol. The molecule has 0 saturated heterocycles. The van der Waals surface area contributed by atoms with Gasteiger partial charge in [-0.2, -0.15) is 0 Å². The molecule has 3 aromatic carbocycles. The average Bonchev–Trinajstić information content (AvgIpc) is 2.60. The van der Waals surface area contributed by atoms with Crippen LogP contribution < -0.4 is 0 Å². The second-order valence-corrected chi connectivity index (χ2v) is 5.56. The van der Waals surface area contributed by atoms with Crippen molar-refractivity contribution in [3.63, 3.8) is 0 Å². The molecule has 0 saturated carbocycles. The molecule has 23 heavy (non-hydrogen) atoms. The molecule has 2 heteroatoms. The average molecular weight is 304 g/mol. The van der Waals surface area contributed by atoms with Crippen molar-refractivity contribution in [1.29, 1.82) is 0 Å². The van der Waals surface area contributed by atoms with Crippen LogP contribution in [0.4, 0.5) is 0 Å². The first-order valence-corrected chi connectivity index (χ1v) is 7.73. The Morgan fingerprint density at radius 2 is 1.61 bits per heavy atom. The minimum absolute atomic E-state index is 0.372. The van der Waals surface area contributed by atoms with Gasteiger partial charge in [0.15, 0.2) is 6.29 Å². The number of aliphatic hydroxyl groups is 1. The summed E-state index contributed by atoms with van der Waals surface area (Å²) in [7, 11) is 0. The van der Waals surface area contributed by atoms with Crippen LogP contribution >= 0.6 is 0 Å². The van der Waals surface area contributed by atoms with Crippen molar-refractivity contribution >= 4 is 10.8 Å². The highest BCUT2D eigenvalue weighted by Gasteiger charge is 2.06. The fourth-order valence-electron chi connectivity index (χ4n) is 2.68. The SMILES string of the molecule is C=CC(O)OCc1ccccc1Cc1ccc2ccccc2c1. The predicted octanol–water partition coefficient (Wildman–Crippen LogP) is 4.45. The standard InChI is InChI=1S/C21H20O2/c1-2-21(22)23-15-20-10-6-5-9-19(20)14-16-11-12-17-7-3-4-8-18(17)13-16/h2-13,21-22H,1,14-15H2. The highest BCUT2D eigenvalue weighted by Crippen LogP contribution is 2.20. The van der Waals surface area contributed by atoms with Crippen LogP contribution in [0.5, 0.6) is 0 Å². The van der Waals surface area contributed by atoms with Crippen molar-refractivity contribution in [1.82, 2.24) is 0 Å². The van der Waals surface area contributed by atoms with E-state index in [9.17, 15) is 5.11 Å². The first kappa shape index (κ1) is 15.5. The molecule has 0 heterocycles. The molecule has 0 fully saturated rings. The summed E-state index contributed by atoms with van der Waals surface area (Å²) in [4.78, 5) is 0. The molecule has 0 aliphatic rings. The largest absolute Gasteiger partial charge is 0.365 e. The number of ether oxygens (including phenoxy) is 1. The van der Waals surface area contributed by atoms with Crippen molar-refractivity contribution in [3.8, 4) is 0 Å². The van der Waals surface area contributed by atoms with Gasteiger partial charge < -0.3 is 9.84 Å². The van der Waals surface area contributed by atoms with Gasteiger partial charge in [-0.05, 0) is 40.0 Å². The minimum Gasteiger partial charge on any atom is -0.365 e. The zero-order chi connectivity index (χ0) is 16.1. The summed E-state index contributed by atoms with van der Waals surface area (Å²) in [5.74, 6) is 0. The summed E-state index contributed by atoms with van der Waals surface area (Å²) in [6, 6.07) is 23.1. The third-order valence-corrected chi connectivity index (χ3v) is 3.94. The first-order chi connectivity index (χ1) is 11.3. The topological polar surface area (TPSA) is 29.5 Å². The van der Waals surface area contributed by atoms with Gasteiger partial charge >= 0.3 is 0 Å². The van der Waals surface area contributed by atoms with Crippen LogP contribution in [0.3, 0.4) is 0 Å². The maximum Gasteiger partial charge on any atom is 0.174 e. The Labute approximate surface area is 136 Å². The molecule has 0 amide bonds. The fraction of sp³-hybridized carbons (Fsp3) is 0.143. The highest BCUT2D eigenvalue weighted by atomic mass is 16.6. The van der Waals surface area contributed by atoms with Crippen molar-refractivity contribution in [2.75, 3.05) is 0 Å². The second kappa shape index (κ2) is 7.23. The Bertz CT molecular complexity index is 808. The van der Waals surface area contributed by atoms with Gasteiger partial charge in [0.05, 0.1) is 6.61 Å². The van der Waals surface area contributed by atoms with E-state index < -0.39 is 6.29 Å². The Morgan fingerprint density at radius 3 is 2.39 bits per heavy atom. The quantitative estimate of drug-likeness (QED) is 0.538. The molecule has 0 spiro atoms. The summed E-state index contributed by atoms with van der Waals surface area (Å²) >= 11 is 0. The predicted molar refractivity (Wildman–Crippen MR) is 94.2 cm³/mol. The Balaban J connectivity index is 1.82. The lowest BCUT2D eigenvalue weighted by atomic mass is 9.98. The number of hydrogen-bond acceptors (Lipinski definition) is 2. The molecular weight excluding hydrogens is 284 g/mol. The van der Waals surface area contributed by atoms with Gasteiger partial charge in [0, 0.05) is 0 Å². The molecule has 1 atom stereocenters. The van der Waals surface area contributed by atoms with E-state index in [4.69, 9.17) is 4.74 Å². The molecule has 116 valence electrons.